The van der Waals surface area contributed by atoms with Crippen molar-refractivity contribution in [3.05, 3.63) is 53.6 Å². The summed E-state index contributed by atoms with van der Waals surface area (Å²) in [5, 5.41) is 1.18. The van der Waals surface area contributed by atoms with E-state index >= 15 is 0 Å². The molecule has 0 bridgehead atoms. The van der Waals surface area contributed by atoms with E-state index in [1.807, 2.05) is 12.1 Å². The molecule has 4 rings (SSSR count). The van der Waals surface area contributed by atoms with Crippen LogP contribution in [0.25, 0.3) is 10.2 Å². The number of para-hydroxylation sites is 1. The van der Waals surface area contributed by atoms with E-state index in [1.54, 1.807) is 41.3 Å². The molecule has 1 saturated heterocycles. The zero-order chi connectivity index (χ0) is 21.1. The average molecular weight is 465 g/mol. The van der Waals surface area contributed by atoms with Crippen LogP contribution in [0.1, 0.15) is 19.3 Å². The fraction of sp³-hybridized carbons (Fsp3) is 0.333. The minimum absolute atomic E-state index is 0.0148. The number of sulfone groups is 1. The Hall–Kier alpha value is -2.16. The van der Waals surface area contributed by atoms with Crippen molar-refractivity contribution >= 4 is 48.9 Å². The van der Waals surface area contributed by atoms with Crippen LogP contribution in [0.2, 0.25) is 5.02 Å². The number of carbonyl (C=O) groups is 1. The molecule has 2 aromatic carbocycles. The summed E-state index contributed by atoms with van der Waals surface area (Å²) in [4.78, 5) is 18.9. The third-order valence-corrected chi connectivity index (χ3v) is 8.05. The van der Waals surface area contributed by atoms with Gasteiger partial charge in [-0.2, -0.15) is 0 Å². The van der Waals surface area contributed by atoms with Crippen molar-refractivity contribution in [2.45, 2.75) is 30.3 Å². The summed E-state index contributed by atoms with van der Waals surface area (Å²) in [6.45, 7) is 1.08. The van der Waals surface area contributed by atoms with Gasteiger partial charge in [-0.25, -0.2) is 13.4 Å². The summed E-state index contributed by atoms with van der Waals surface area (Å²) in [6.07, 6.45) is 1.32. The van der Waals surface area contributed by atoms with Gasteiger partial charge in [-0.3, -0.25) is 4.79 Å². The van der Waals surface area contributed by atoms with E-state index in [-0.39, 0.29) is 29.1 Å². The predicted octanol–water partition coefficient (Wildman–Crippen LogP) is 4.18. The Kier molecular flexibility index (Phi) is 6.26. The highest BCUT2D eigenvalue weighted by Gasteiger charge is 2.26. The number of rotatable bonds is 6. The lowest BCUT2D eigenvalue weighted by atomic mass is 10.1. The number of carbonyl (C=O) groups excluding carboxylic acids is 1. The molecule has 1 aromatic heterocycles. The molecule has 0 radical (unpaired) electrons. The molecular formula is C21H21ClN2O4S2. The summed E-state index contributed by atoms with van der Waals surface area (Å²) in [6, 6.07) is 13.9. The molecule has 0 atom stereocenters. The monoisotopic (exact) mass is 464 g/mol. The Morgan fingerprint density at radius 3 is 2.57 bits per heavy atom. The quantitative estimate of drug-likeness (QED) is 0.546. The number of hydrogen-bond donors (Lipinski definition) is 0. The van der Waals surface area contributed by atoms with Gasteiger partial charge in [-0.05, 0) is 24.3 Å². The molecule has 1 fully saturated rings. The van der Waals surface area contributed by atoms with Crippen LogP contribution >= 0.6 is 22.9 Å². The van der Waals surface area contributed by atoms with E-state index < -0.39 is 9.84 Å². The number of benzene rings is 2. The molecule has 1 aliphatic heterocycles. The average Bonchev–Trinajstić information content (AvgIpc) is 3.17. The number of aromatic nitrogens is 1. The Labute approximate surface area is 184 Å². The lowest BCUT2D eigenvalue weighted by Gasteiger charge is -2.31. The minimum Gasteiger partial charge on any atom is -0.467 e. The summed E-state index contributed by atoms with van der Waals surface area (Å²) in [7, 11) is -3.45. The van der Waals surface area contributed by atoms with Crippen LogP contribution in [0.5, 0.6) is 5.19 Å². The van der Waals surface area contributed by atoms with Crippen molar-refractivity contribution in [1.29, 1.82) is 0 Å². The van der Waals surface area contributed by atoms with Crippen molar-refractivity contribution < 1.29 is 17.9 Å². The Balaban J connectivity index is 1.28. The molecule has 0 unspecified atom stereocenters. The molecule has 0 aliphatic carbocycles. The summed E-state index contributed by atoms with van der Waals surface area (Å²) < 4.78 is 31.7. The summed E-state index contributed by atoms with van der Waals surface area (Å²) >= 11 is 7.63. The lowest BCUT2D eigenvalue weighted by molar-refractivity contribution is -0.132. The highest BCUT2D eigenvalue weighted by atomic mass is 35.5. The molecule has 0 saturated carbocycles. The van der Waals surface area contributed by atoms with E-state index in [0.29, 0.717) is 36.1 Å². The highest BCUT2D eigenvalue weighted by Crippen LogP contribution is 2.33. The van der Waals surface area contributed by atoms with Gasteiger partial charge in [-0.1, -0.05) is 47.2 Å². The Morgan fingerprint density at radius 1 is 1.13 bits per heavy atom. The van der Waals surface area contributed by atoms with Gasteiger partial charge < -0.3 is 9.64 Å². The van der Waals surface area contributed by atoms with E-state index in [2.05, 4.69) is 4.98 Å². The topological polar surface area (TPSA) is 76.6 Å². The second kappa shape index (κ2) is 8.91. The van der Waals surface area contributed by atoms with E-state index in [9.17, 15) is 13.2 Å². The fourth-order valence-corrected chi connectivity index (χ4v) is 5.87. The molecule has 0 spiro atoms. The van der Waals surface area contributed by atoms with E-state index in [4.69, 9.17) is 16.3 Å². The number of fused-ring (bicyclic) bond motifs is 1. The largest absolute Gasteiger partial charge is 0.467 e. The van der Waals surface area contributed by atoms with Crippen LogP contribution in [0, 0.1) is 0 Å². The normalized spacial score (nSPS) is 15.4. The van der Waals surface area contributed by atoms with Crippen molar-refractivity contribution in [2.24, 2.45) is 0 Å². The van der Waals surface area contributed by atoms with Crippen LogP contribution in [0.4, 0.5) is 0 Å². The number of halogens is 1. The first-order chi connectivity index (χ1) is 14.4. The lowest BCUT2D eigenvalue weighted by Crippen LogP contribution is -2.42. The molecule has 30 heavy (non-hydrogen) atoms. The zero-order valence-corrected chi connectivity index (χ0v) is 18.5. The van der Waals surface area contributed by atoms with Crippen molar-refractivity contribution in [3.63, 3.8) is 0 Å². The maximum atomic E-state index is 12.5. The third kappa shape index (κ3) is 4.77. The first kappa shape index (κ1) is 21.1. The van der Waals surface area contributed by atoms with Crippen LogP contribution in [-0.2, 0) is 14.6 Å². The van der Waals surface area contributed by atoms with Crippen molar-refractivity contribution in [3.8, 4) is 5.19 Å². The van der Waals surface area contributed by atoms with Gasteiger partial charge >= 0.3 is 0 Å². The van der Waals surface area contributed by atoms with Gasteiger partial charge in [-0.15, -0.1) is 0 Å². The fourth-order valence-electron chi connectivity index (χ4n) is 3.44. The number of thiazole rings is 1. The molecule has 3 aromatic rings. The number of ether oxygens (including phenoxy) is 1. The SMILES string of the molecule is O=C(CCS(=O)(=O)c1ccccc1)N1CCC(Oc2nc3c(Cl)cccc3s2)CC1. The molecule has 0 N–H and O–H groups in total. The van der Waals surface area contributed by atoms with Gasteiger partial charge in [0.25, 0.3) is 5.19 Å². The van der Waals surface area contributed by atoms with Gasteiger partial charge in [0.2, 0.25) is 5.91 Å². The third-order valence-electron chi connectivity index (χ3n) is 5.10. The van der Waals surface area contributed by atoms with Crippen molar-refractivity contribution in [1.82, 2.24) is 9.88 Å². The smallest absolute Gasteiger partial charge is 0.274 e. The first-order valence-corrected chi connectivity index (χ1v) is 12.5. The van der Waals surface area contributed by atoms with E-state index in [1.165, 1.54) is 11.3 Å². The van der Waals surface area contributed by atoms with Crippen molar-refractivity contribution in [2.75, 3.05) is 18.8 Å². The highest BCUT2D eigenvalue weighted by molar-refractivity contribution is 7.91. The minimum atomic E-state index is -3.45. The number of nitrogens with zero attached hydrogens (tertiary/aromatic N) is 2. The van der Waals surface area contributed by atoms with Crippen LogP contribution in [-0.4, -0.2) is 49.2 Å². The van der Waals surface area contributed by atoms with Gasteiger partial charge in [0, 0.05) is 32.4 Å². The molecule has 1 amide bonds. The molecule has 158 valence electrons. The number of hydrogen-bond acceptors (Lipinski definition) is 6. The number of piperidine rings is 1. The maximum absolute atomic E-state index is 12.5. The van der Waals surface area contributed by atoms with E-state index in [0.717, 1.165) is 10.2 Å². The standard InChI is InChI=1S/C21H21ClN2O4S2/c22-17-7-4-8-18-20(17)23-21(29-18)28-15-9-12-24(13-10-15)19(25)11-14-30(26,27)16-5-2-1-3-6-16/h1-8,15H,9-14H2. The predicted molar refractivity (Wildman–Crippen MR) is 118 cm³/mol. The molecule has 1 aliphatic rings. The molecule has 6 nitrogen and oxygen atoms in total. The van der Waals surface area contributed by atoms with Gasteiger partial charge in [0.1, 0.15) is 11.6 Å². The second-order valence-corrected chi connectivity index (χ2v) is 10.7. The van der Waals surface area contributed by atoms with Crippen LogP contribution < -0.4 is 4.74 Å². The first-order valence-electron chi connectivity index (χ1n) is 9.70. The number of likely N-dealkylation sites (tertiary alicyclic amines) is 1. The second-order valence-electron chi connectivity index (χ2n) is 7.15. The zero-order valence-electron chi connectivity index (χ0n) is 16.2. The number of amides is 1. The van der Waals surface area contributed by atoms with Gasteiger partial charge in [0.05, 0.1) is 20.4 Å². The molecule has 9 heteroatoms. The maximum Gasteiger partial charge on any atom is 0.274 e. The van der Waals surface area contributed by atoms with Crippen LogP contribution in [0.3, 0.4) is 0 Å². The Morgan fingerprint density at radius 2 is 1.87 bits per heavy atom. The molecule has 2 heterocycles. The van der Waals surface area contributed by atoms with Gasteiger partial charge in [0.15, 0.2) is 9.84 Å². The summed E-state index contributed by atoms with van der Waals surface area (Å²) in [5.41, 5.74) is 0.742. The summed E-state index contributed by atoms with van der Waals surface area (Å²) in [5.74, 6) is -0.321. The molecular weight excluding hydrogens is 444 g/mol. The van der Waals surface area contributed by atoms with Crippen LogP contribution in [0.15, 0.2) is 53.4 Å². The Bertz CT molecular complexity index is 1140.